The lowest BCUT2D eigenvalue weighted by molar-refractivity contribution is 0.0954. The number of carbonyl (C=O) groups excluding carboxylic acids is 1. The van der Waals surface area contributed by atoms with Crippen molar-refractivity contribution in [2.24, 2.45) is 5.10 Å². The Hall–Kier alpha value is -2.09. The Morgan fingerprint density at radius 1 is 1.23 bits per heavy atom. The van der Waals surface area contributed by atoms with Crippen LogP contribution >= 0.6 is 39.3 Å². The van der Waals surface area contributed by atoms with Crippen LogP contribution in [0.25, 0.3) is 0 Å². The second-order valence-electron chi connectivity index (χ2n) is 5.05. The van der Waals surface area contributed by atoms with Crippen LogP contribution in [0.5, 0.6) is 0 Å². The summed E-state index contributed by atoms with van der Waals surface area (Å²) in [7, 11) is 0. The molecule has 1 heterocycles. The average Bonchev–Trinajstić information content (AvgIpc) is 2.96. The first-order valence-electron chi connectivity index (χ1n) is 7.33. The number of amides is 1. The Bertz CT molecular complexity index is 960. The van der Waals surface area contributed by atoms with E-state index in [1.807, 2.05) is 12.1 Å². The normalized spacial score (nSPS) is 11.0. The zero-order valence-corrected chi connectivity index (χ0v) is 16.2. The lowest BCUT2D eigenvalue weighted by atomic mass is 10.2. The molecule has 0 saturated heterocycles. The molecule has 0 unspecified atom stereocenters. The lowest BCUT2D eigenvalue weighted by Crippen LogP contribution is -2.17. The summed E-state index contributed by atoms with van der Waals surface area (Å²) >= 11 is 10.7. The van der Waals surface area contributed by atoms with Crippen molar-refractivity contribution >= 4 is 51.4 Å². The summed E-state index contributed by atoms with van der Waals surface area (Å²) in [5, 5.41) is 5.14. The van der Waals surface area contributed by atoms with E-state index in [0.717, 1.165) is 15.4 Å². The highest BCUT2D eigenvalue weighted by Crippen LogP contribution is 2.35. The van der Waals surface area contributed by atoms with Crippen LogP contribution in [0.4, 0.5) is 4.39 Å². The minimum Gasteiger partial charge on any atom is -0.447 e. The van der Waals surface area contributed by atoms with Gasteiger partial charge in [-0.3, -0.25) is 4.79 Å². The van der Waals surface area contributed by atoms with Crippen LogP contribution in [0.2, 0.25) is 5.02 Å². The van der Waals surface area contributed by atoms with E-state index in [-0.39, 0.29) is 5.56 Å². The zero-order chi connectivity index (χ0) is 18.5. The van der Waals surface area contributed by atoms with Gasteiger partial charge in [0.2, 0.25) is 0 Å². The number of furan rings is 1. The van der Waals surface area contributed by atoms with Gasteiger partial charge in [-0.15, -0.1) is 0 Å². The van der Waals surface area contributed by atoms with Crippen LogP contribution in [0.1, 0.15) is 16.1 Å². The minimum atomic E-state index is -0.512. The fraction of sp³-hybridized carbons (Fsp3) is 0. The Balaban J connectivity index is 1.64. The highest BCUT2D eigenvalue weighted by Gasteiger charge is 2.10. The third-order valence-corrected chi connectivity index (χ3v) is 5.24. The number of hydrogen-bond acceptors (Lipinski definition) is 4. The summed E-state index contributed by atoms with van der Waals surface area (Å²) in [6.07, 6.45) is 1.37. The molecule has 0 atom stereocenters. The van der Waals surface area contributed by atoms with E-state index in [0.29, 0.717) is 15.9 Å². The van der Waals surface area contributed by atoms with E-state index in [1.54, 1.807) is 18.2 Å². The molecule has 2 aromatic carbocycles. The largest absolute Gasteiger partial charge is 0.447 e. The standard InChI is InChI=1S/C18H11BrClFN2O2S/c19-16-9-14(25-18(16)26-15-6-4-12(20)5-7-15)10-22-23-17(24)11-2-1-3-13(21)8-11/h1-10H,(H,23,24)/b22-10-. The number of hydrazone groups is 1. The smallest absolute Gasteiger partial charge is 0.271 e. The van der Waals surface area contributed by atoms with Crippen molar-refractivity contribution in [3.05, 3.63) is 81.2 Å². The number of nitrogens with one attached hydrogen (secondary N) is 1. The van der Waals surface area contributed by atoms with Crippen LogP contribution in [-0.2, 0) is 0 Å². The Labute approximate surface area is 166 Å². The molecule has 0 aliphatic heterocycles. The highest BCUT2D eigenvalue weighted by molar-refractivity contribution is 9.10. The van der Waals surface area contributed by atoms with E-state index in [4.69, 9.17) is 16.0 Å². The zero-order valence-electron chi connectivity index (χ0n) is 13.1. The van der Waals surface area contributed by atoms with Crippen molar-refractivity contribution in [3.8, 4) is 0 Å². The van der Waals surface area contributed by atoms with Gasteiger partial charge in [0.05, 0.1) is 10.7 Å². The Morgan fingerprint density at radius 3 is 2.73 bits per heavy atom. The summed E-state index contributed by atoms with van der Waals surface area (Å²) in [6, 6.07) is 14.4. The van der Waals surface area contributed by atoms with Gasteiger partial charge in [0.1, 0.15) is 11.6 Å². The van der Waals surface area contributed by atoms with Gasteiger partial charge in [-0.05, 0) is 58.4 Å². The molecule has 0 aliphatic rings. The van der Waals surface area contributed by atoms with Gasteiger partial charge in [-0.1, -0.05) is 29.4 Å². The van der Waals surface area contributed by atoms with Crippen LogP contribution in [0.15, 0.2) is 78.6 Å². The third kappa shape index (κ3) is 4.97. The summed E-state index contributed by atoms with van der Waals surface area (Å²) in [5.74, 6) is -0.546. The first-order chi connectivity index (χ1) is 12.5. The number of benzene rings is 2. The van der Waals surface area contributed by atoms with E-state index >= 15 is 0 Å². The molecule has 0 bridgehead atoms. The van der Waals surface area contributed by atoms with Gasteiger partial charge in [0.25, 0.3) is 5.91 Å². The molecule has 1 amide bonds. The SMILES string of the molecule is O=C(N/N=C\c1cc(Br)c(Sc2ccc(Cl)cc2)o1)c1cccc(F)c1. The first kappa shape index (κ1) is 18.7. The van der Waals surface area contributed by atoms with Gasteiger partial charge >= 0.3 is 0 Å². The van der Waals surface area contributed by atoms with Gasteiger partial charge in [0.15, 0.2) is 5.09 Å². The Kier molecular flexibility index (Phi) is 6.13. The van der Waals surface area contributed by atoms with Crippen molar-refractivity contribution < 1.29 is 13.6 Å². The number of hydrogen-bond donors (Lipinski definition) is 1. The van der Waals surface area contributed by atoms with Crippen molar-refractivity contribution in [3.63, 3.8) is 0 Å². The van der Waals surface area contributed by atoms with Crippen molar-refractivity contribution in [2.75, 3.05) is 0 Å². The maximum Gasteiger partial charge on any atom is 0.271 e. The predicted molar refractivity (Wildman–Crippen MR) is 103 cm³/mol. The van der Waals surface area contributed by atoms with Crippen LogP contribution in [0, 0.1) is 5.82 Å². The van der Waals surface area contributed by atoms with E-state index in [1.165, 1.54) is 36.2 Å². The number of carbonyl (C=O) groups is 1. The predicted octanol–water partition coefficient (Wildman–Crippen LogP) is 5.75. The maximum atomic E-state index is 13.1. The molecule has 0 saturated carbocycles. The van der Waals surface area contributed by atoms with E-state index in [2.05, 4.69) is 26.5 Å². The van der Waals surface area contributed by atoms with E-state index in [9.17, 15) is 9.18 Å². The second kappa shape index (κ2) is 8.53. The summed E-state index contributed by atoms with van der Waals surface area (Å²) in [6.45, 7) is 0. The molecule has 0 fully saturated rings. The molecule has 0 radical (unpaired) electrons. The van der Waals surface area contributed by atoms with Gasteiger partial charge in [-0.2, -0.15) is 5.10 Å². The average molecular weight is 454 g/mol. The maximum absolute atomic E-state index is 13.1. The highest BCUT2D eigenvalue weighted by atomic mass is 79.9. The van der Waals surface area contributed by atoms with Crippen molar-refractivity contribution in [1.82, 2.24) is 5.43 Å². The molecule has 0 spiro atoms. The van der Waals surface area contributed by atoms with Crippen LogP contribution in [0.3, 0.4) is 0 Å². The van der Waals surface area contributed by atoms with Gasteiger partial charge < -0.3 is 4.42 Å². The monoisotopic (exact) mass is 452 g/mol. The van der Waals surface area contributed by atoms with Crippen LogP contribution in [-0.4, -0.2) is 12.1 Å². The fourth-order valence-corrected chi connectivity index (χ4v) is 3.42. The first-order valence-corrected chi connectivity index (χ1v) is 9.32. The number of nitrogens with zero attached hydrogens (tertiary/aromatic N) is 1. The van der Waals surface area contributed by atoms with Gasteiger partial charge in [0, 0.05) is 21.5 Å². The van der Waals surface area contributed by atoms with Crippen molar-refractivity contribution in [2.45, 2.75) is 9.99 Å². The van der Waals surface area contributed by atoms with Gasteiger partial charge in [-0.25, -0.2) is 9.82 Å². The van der Waals surface area contributed by atoms with Crippen molar-refractivity contribution in [1.29, 1.82) is 0 Å². The van der Waals surface area contributed by atoms with Crippen LogP contribution < -0.4 is 5.43 Å². The second-order valence-corrected chi connectivity index (χ2v) is 7.39. The molecular weight excluding hydrogens is 443 g/mol. The molecule has 132 valence electrons. The molecule has 4 nitrogen and oxygen atoms in total. The summed E-state index contributed by atoms with van der Waals surface area (Å²) in [4.78, 5) is 12.8. The quantitative estimate of drug-likeness (QED) is 0.395. The lowest BCUT2D eigenvalue weighted by Gasteiger charge is -1.99. The topological polar surface area (TPSA) is 54.6 Å². The molecule has 0 aliphatic carbocycles. The molecular formula is C18H11BrClFN2O2S. The number of rotatable bonds is 5. The molecule has 3 rings (SSSR count). The fourth-order valence-electron chi connectivity index (χ4n) is 1.96. The Morgan fingerprint density at radius 2 is 2.00 bits per heavy atom. The number of halogens is 3. The molecule has 26 heavy (non-hydrogen) atoms. The van der Waals surface area contributed by atoms with E-state index < -0.39 is 11.7 Å². The minimum absolute atomic E-state index is 0.182. The third-order valence-electron chi connectivity index (χ3n) is 3.14. The molecule has 1 aromatic heterocycles. The molecule has 8 heteroatoms. The molecule has 3 aromatic rings. The summed E-state index contributed by atoms with van der Waals surface area (Å²) < 4.78 is 19.6. The molecule has 1 N–H and O–H groups in total. The summed E-state index contributed by atoms with van der Waals surface area (Å²) in [5.41, 5.74) is 2.51.